The SMILES string of the molecule is Cc1cc(C)c2cc([C@H]3C(C#N)=C(N)OC4=C3C(=O)CC(C)(C)C4)c(Cl)nc2c1. The summed E-state index contributed by atoms with van der Waals surface area (Å²) >= 11 is 6.59. The fourth-order valence-corrected chi connectivity index (χ4v) is 4.67. The molecule has 0 spiro atoms. The topological polar surface area (TPSA) is 89.0 Å². The van der Waals surface area contributed by atoms with Crippen molar-refractivity contribution >= 4 is 28.3 Å². The van der Waals surface area contributed by atoms with Gasteiger partial charge in [-0.05, 0) is 42.5 Å². The number of nitrogens with two attached hydrogens (primary N) is 1. The van der Waals surface area contributed by atoms with Crippen LogP contribution >= 0.6 is 11.6 Å². The van der Waals surface area contributed by atoms with E-state index in [0.29, 0.717) is 29.7 Å². The molecular formula is C23H22ClN3O2. The fourth-order valence-electron chi connectivity index (χ4n) is 4.42. The lowest BCUT2D eigenvalue weighted by molar-refractivity contribution is -0.119. The average molecular weight is 408 g/mol. The maximum absolute atomic E-state index is 13.1. The Hall–Kier alpha value is -2.84. The Kier molecular flexibility index (Phi) is 4.43. The lowest BCUT2D eigenvalue weighted by atomic mass is 9.70. The standard InChI is InChI=1S/C23H22ClN3O2/c1-11-5-12(2)13-7-14(21(24)27-16(13)6-11)19-15(10-25)22(26)29-18-9-23(3,4)8-17(28)20(18)19/h5-7,19H,8-9,26H2,1-4H3/t19-/m0/s1. The lowest BCUT2D eigenvalue weighted by Crippen LogP contribution is -2.33. The van der Waals surface area contributed by atoms with E-state index in [9.17, 15) is 10.1 Å². The summed E-state index contributed by atoms with van der Waals surface area (Å²) in [7, 11) is 0. The molecule has 29 heavy (non-hydrogen) atoms. The van der Waals surface area contributed by atoms with Crippen molar-refractivity contribution in [1.29, 1.82) is 5.26 Å². The Bertz CT molecular complexity index is 1180. The molecular weight excluding hydrogens is 386 g/mol. The van der Waals surface area contributed by atoms with Gasteiger partial charge < -0.3 is 10.5 Å². The molecule has 0 radical (unpaired) electrons. The molecule has 0 bridgehead atoms. The number of halogens is 1. The molecule has 2 aromatic rings. The van der Waals surface area contributed by atoms with Crippen LogP contribution in [0, 0.1) is 30.6 Å². The van der Waals surface area contributed by atoms with Gasteiger partial charge in [0.2, 0.25) is 5.88 Å². The summed E-state index contributed by atoms with van der Waals surface area (Å²) < 4.78 is 5.75. The first kappa shape index (κ1) is 19.5. The summed E-state index contributed by atoms with van der Waals surface area (Å²) in [6.45, 7) is 8.05. The van der Waals surface area contributed by atoms with Gasteiger partial charge in [-0.3, -0.25) is 4.79 Å². The zero-order valence-electron chi connectivity index (χ0n) is 16.9. The number of carbonyl (C=O) groups excluding carboxylic acids is 1. The second-order valence-corrected chi connectivity index (χ2v) is 9.08. The van der Waals surface area contributed by atoms with Crippen molar-refractivity contribution in [3.05, 3.63) is 62.8 Å². The summed E-state index contributed by atoms with van der Waals surface area (Å²) in [4.78, 5) is 17.7. The Morgan fingerprint density at radius 1 is 1.28 bits per heavy atom. The highest BCUT2D eigenvalue weighted by molar-refractivity contribution is 6.31. The van der Waals surface area contributed by atoms with Crippen LogP contribution in [0.4, 0.5) is 0 Å². The molecule has 4 rings (SSSR count). The van der Waals surface area contributed by atoms with Gasteiger partial charge in [0, 0.05) is 29.4 Å². The summed E-state index contributed by atoms with van der Waals surface area (Å²) in [5.41, 5.74) is 10.1. The normalized spacial score (nSPS) is 21.1. The van der Waals surface area contributed by atoms with Crippen molar-refractivity contribution in [3.63, 3.8) is 0 Å². The van der Waals surface area contributed by atoms with Crippen molar-refractivity contribution in [2.75, 3.05) is 0 Å². The smallest absolute Gasteiger partial charge is 0.205 e. The summed E-state index contributed by atoms with van der Waals surface area (Å²) in [6.07, 6.45) is 0.946. The molecule has 0 unspecified atom stereocenters. The molecule has 1 aliphatic carbocycles. The number of benzene rings is 1. The lowest BCUT2D eigenvalue weighted by Gasteiger charge is -2.37. The number of Topliss-reactive ketones (excluding diaryl/α,β-unsaturated/α-hetero) is 1. The van der Waals surface area contributed by atoms with E-state index in [1.165, 1.54) is 0 Å². The van der Waals surface area contributed by atoms with Gasteiger partial charge in [0.15, 0.2) is 5.78 Å². The third-order valence-electron chi connectivity index (χ3n) is 5.65. The number of ether oxygens (including phenoxy) is 1. The first-order valence-corrected chi connectivity index (χ1v) is 9.90. The molecule has 0 saturated heterocycles. The molecule has 0 fully saturated rings. The van der Waals surface area contributed by atoms with E-state index >= 15 is 0 Å². The Balaban J connectivity index is 1.99. The number of allylic oxidation sites excluding steroid dienone is 3. The Morgan fingerprint density at radius 3 is 2.69 bits per heavy atom. The highest BCUT2D eigenvalue weighted by Crippen LogP contribution is 2.49. The number of hydrogen-bond donors (Lipinski definition) is 1. The van der Waals surface area contributed by atoms with E-state index in [0.717, 1.165) is 22.0 Å². The van der Waals surface area contributed by atoms with Gasteiger partial charge >= 0.3 is 0 Å². The van der Waals surface area contributed by atoms with Crippen molar-refractivity contribution in [2.45, 2.75) is 46.5 Å². The van der Waals surface area contributed by atoms with Crippen LogP contribution in [0.1, 0.15) is 49.3 Å². The molecule has 1 aromatic carbocycles. The van der Waals surface area contributed by atoms with Crippen LogP contribution in [0.2, 0.25) is 5.15 Å². The van der Waals surface area contributed by atoms with E-state index in [4.69, 9.17) is 22.1 Å². The van der Waals surface area contributed by atoms with Crippen LogP contribution in [-0.4, -0.2) is 10.8 Å². The molecule has 6 heteroatoms. The highest BCUT2D eigenvalue weighted by atomic mass is 35.5. The number of hydrogen-bond acceptors (Lipinski definition) is 5. The first-order chi connectivity index (χ1) is 13.6. The van der Waals surface area contributed by atoms with E-state index in [-0.39, 0.29) is 27.8 Å². The molecule has 1 aliphatic heterocycles. The number of pyridine rings is 1. The minimum absolute atomic E-state index is 0.0264. The third kappa shape index (κ3) is 3.18. The van der Waals surface area contributed by atoms with Crippen LogP contribution in [0.25, 0.3) is 10.9 Å². The molecule has 0 amide bonds. The molecule has 1 aromatic heterocycles. The molecule has 148 valence electrons. The van der Waals surface area contributed by atoms with E-state index < -0.39 is 5.92 Å². The number of aromatic nitrogens is 1. The number of carbonyl (C=O) groups is 1. The number of aryl methyl sites for hydroxylation is 2. The third-order valence-corrected chi connectivity index (χ3v) is 5.96. The minimum atomic E-state index is -0.669. The Labute approximate surface area is 174 Å². The second kappa shape index (κ2) is 6.60. The van der Waals surface area contributed by atoms with Crippen LogP contribution in [-0.2, 0) is 9.53 Å². The van der Waals surface area contributed by atoms with Crippen molar-refractivity contribution in [1.82, 2.24) is 4.98 Å². The van der Waals surface area contributed by atoms with Crippen LogP contribution in [0.3, 0.4) is 0 Å². The quantitative estimate of drug-likeness (QED) is 0.675. The summed E-state index contributed by atoms with van der Waals surface area (Å²) in [5.74, 6) is -0.154. The molecule has 0 saturated carbocycles. The molecule has 5 nitrogen and oxygen atoms in total. The van der Waals surface area contributed by atoms with E-state index in [1.807, 2.05) is 39.8 Å². The number of nitrogens with zero attached hydrogens (tertiary/aromatic N) is 2. The monoisotopic (exact) mass is 407 g/mol. The highest BCUT2D eigenvalue weighted by Gasteiger charge is 2.43. The maximum atomic E-state index is 13.1. The van der Waals surface area contributed by atoms with Crippen LogP contribution in [0.15, 0.2) is 41.0 Å². The average Bonchev–Trinajstić information content (AvgIpc) is 2.58. The summed E-state index contributed by atoms with van der Waals surface area (Å²) in [5, 5.41) is 11.0. The van der Waals surface area contributed by atoms with Gasteiger partial charge in [-0.25, -0.2) is 4.98 Å². The van der Waals surface area contributed by atoms with Crippen molar-refractivity contribution < 1.29 is 9.53 Å². The number of nitriles is 1. The van der Waals surface area contributed by atoms with Crippen LogP contribution in [0.5, 0.6) is 0 Å². The molecule has 2 aliphatic rings. The van der Waals surface area contributed by atoms with E-state index in [1.54, 1.807) is 0 Å². The van der Waals surface area contributed by atoms with Crippen LogP contribution < -0.4 is 5.73 Å². The zero-order chi connectivity index (χ0) is 21.1. The predicted molar refractivity (Wildman–Crippen MR) is 112 cm³/mol. The predicted octanol–water partition coefficient (Wildman–Crippen LogP) is 4.96. The van der Waals surface area contributed by atoms with Gasteiger partial charge in [-0.15, -0.1) is 0 Å². The van der Waals surface area contributed by atoms with Gasteiger partial charge in [-0.1, -0.05) is 31.5 Å². The van der Waals surface area contributed by atoms with Gasteiger partial charge in [-0.2, -0.15) is 5.26 Å². The second-order valence-electron chi connectivity index (χ2n) is 8.72. The number of fused-ring (bicyclic) bond motifs is 1. The minimum Gasteiger partial charge on any atom is -0.444 e. The maximum Gasteiger partial charge on any atom is 0.205 e. The molecule has 2 N–H and O–H groups in total. The van der Waals surface area contributed by atoms with Gasteiger partial charge in [0.05, 0.1) is 11.4 Å². The Morgan fingerprint density at radius 2 is 2.00 bits per heavy atom. The van der Waals surface area contributed by atoms with Gasteiger partial charge in [0.1, 0.15) is 22.6 Å². The molecule has 1 atom stereocenters. The largest absolute Gasteiger partial charge is 0.444 e. The van der Waals surface area contributed by atoms with E-state index in [2.05, 4.69) is 17.1 Å². The number of ketones is 1. The van der Waals surface area contributed by atoms with Crippen molar-refractivity contribution in [2.24, 2.45) is 11.1 Å². The fraction of sp³-hybridized carbons (Fsp3) is 0.348. The molecule has 2 heterocycles. The summed E-state index contributed by atoms with van der Waals surface area (Å²) in [6, 6.07) is 8.10. The van der Waals surface area contributed by atoms with Gasteiger partial charge in [0.25, 0.3) is 0 Å². The number of rotatable bonds is 1. The zero-order valence-corrected chi connectivity index (χ0v) is 17.6. The first-order valence-electron chi connectivity index (χ1n) is 9.52. The van der Waals surface area contributed by atoms with Crippen molar-refractivity contribution in [3.8, 4) is 6.07 Å².